The Labute approximate surface area is 80.2 Å². The summed E-state index contributed by atoms with van der Waals surface area (Å²) in [7, 11) is 0. The van der Waals surface area contributed by atoms with Crippen LogP contribution in [0.2, 0.25) is 0 Å². The number of ether oxygens (including phenoxy) is 1. The van der Waals surface area contributed by atoms with Crippen molar-refractivity contribution in [2.75, 3.05) is 33.0 Å². The fourth-order valence-corrected chi connectivity index (χ4v) is 0.443. The highest BCUT2D eigenvalue weighted by Crippen LogP contribution is 2.12. The highest BCUT2D eigenvalue weighted by Gasteiger charge is 2.08. The van der Waals surface area contributed by atoms with Gasteiger partial charge in [0, 0.05) is 0 Å². The zero-order valence-electron chi connectivity index (χ0n) is 8.79. The lowest BCUT2D eigenvalue weighted by Crippen LogP contribution is -2.15. The molecular weight excluding hydrogens is 172 g/mol. The lowest BCUT2D eigenvalue weighted by molar-refractivity contribution is 0.0464. The summed E-state index contributed by atoms with van der Waals surface area (Å²) in [6.07, 6.45) is 0. The molecule has 0 amide bonds. The lowest BCUT2D eigenvalue weighted by atomic mass is 9.99. The van der Waals surface area contributed by atoms with E-state index in [1.165, 1.54) is 0 Å². The van der Waals surface area contributed by atoms with Gasteiger partial charge in [0.25, 0.3) is 0 Å². The normalized spacial score (nSPS) is 10.6. The summed E-state index contributed by atoms with van der Waals surface area (Å²) in [6, 6.07) is 0. The molecule has 0 fully saturated rings. The maximum Gasteiger partial charge on any atom is 0.0697 e. The number of aliphatic hydroxyl groups excluding tert-OH is 3. The van der Waals surface area contributed by atoms with E-state index in [2.05, 4.69) is 20.8 Å². The van der Waals surface area contributed by atoms with E-state index in [9.17, 15) is 0 Å². The second-order valence-corrected chi connectivity index (χ2v) is 3.78. The highest BCUT2D eigenvalue weighted by molar-refractivity contribution is 4.58. The van der Waals surface area contributed by atoms with E-state index in [-0.39, 0.29) is 25.2 Å². The Bertz CT molecular complexity index is 86.1. The first-order chi connectivity index (χ1) is 5.97. The van der Waals surface area contributed by atoms with Gasteiger partial charge in [-0.05, 0) is 5.41 Å². The van der Waals surface area contributed by atoms with Gasteiger partial charge in [-0.1, -0.05) is 20.8 Å². The van der Waals surface area contributed by atoms with E-state index in [0.29, 0.717) is 13.2 Å². The lowest BCUT2D eigenvalue weighted by Gasteiger charge is -2.17. The summed E-state index contributed by atoms with van der Waals surface area (Å²) in [5.74, 6) is 0. The Kier molecular flexibility index (Phi) is 11.7. The molecule has 0 bridgehead atoms. The minimum Gasteiger partial charge on any atom is -0.394 e. The third kappa shape index (κ3) is 24.5. The molecule has 0 aromatic heterocycles. The van der Waals surface area contributed by atoms with Gasteiger partial charge in [0.2, 0.25) is 0 Å². The van der Waals surface area contributed by atoms with Gasteiger partial charge in [0.15, 0.2) is 0 Å². The molecule has 0 unspecified atom stereocenters. The molecule has 82 valence electrons. The molecular formula is C9H22O4. The van der Waals surface area contributed by atoms with E-state index in [1.807, 2.05) is 0 Å². The van der Waals surface area contributed by atoms with Crippen LogP contribution in [-0.4, -0.2) is 48.4 Å². The largest absolute Gasteiger partial charge is 0.394 e. The van der Waals surface area contributed by atoms with E-state index >= 15 is 0 Å². The highest BCUT2D eigenvalue weighted by atomic mass is 16.5. The van der Waals surface area contributed by atoms with Gasteiger partial charge < -0.3 is 20.1 Å². The van der Waals surface area contributed by atoms with E-state index in [1.54, 1.807) is 0 Å². The molecule has 13 heavy (non-hydrogen) atoms. The van der Waals surface area contributed by atoms with Crippen molar-refractivity contribution in [3.63, 3.8) is 0 Å². The molecule has 4 nitrogen and oxygen atoms in total. The van der Waals surface area contributed by atoms with Gasteiger partial charge in [-0.2, -0.15) is 0 Å². The van der Waals surface area contributed by atoms with Crippen LogP contribution in [0.5, 0.6) is 0 Å². The molecule has 0 aliphatic rings. The standard InChI is InChI=1S/C7H16O2.C2H6O2/c1-7(2,3)6-9-5-4-8;3-1-2-4/h8H,4-6H2,1-3H3;3-4H,1-2H2. The van der Waals surface area contributed by atoms with Crippen LogP contribution in [0, 0.1) is 5.41 Å². The smallest absolute Gasteiger partial charge is 0.0697 e. The van der Waals surface area contributed by atoms with Crippen LogP contribution >= 0.6 is 0 Å². The van der Waals surface area contributed by atoms with Crippen molar-refractivity contribution in [2.24, 2.45) is 5.41 Å². The third-order valence-corrected chi connectivity index (χ3v) is 0.871. The van der Waals surface area contributed by atoms with Crippen LogP contribution < -0.4 is 0 Å². The predicted molar refractivity (Wildman–Crippen MR) is 51.5 cm³/mol. The van der Waals surface area contributed by atoms with Gasteiger partial charge in [0.1, 0.15) is 0 Å². The summed E-state index contributed by atoms with van der Waals surface area (Å²) in [6.45, 7) is 7.35. The van der Waals surface area contributed by atoms with Crippen LogP contribution in [-0.2, 0) is 4.74 Å². The molecule has 0 aliphatic heterocycles. The first-order valence-electron chi connectivity index (χ1n) is 4.38. The Morgan fingerprint density at radius 2 is 1.38 bits per heavy atom. The second-order valence-electron chi connectivity index (χ2n) is 3.78. The van der Waals surface area contributed by atoms with Gasteiger partial charge in [-0.3, -0.25) is 0 Å². The summed E-state index contributed by atoms with van der Waals surface area (Å²) in [5, 5.41) is 23.6. The third-order valence-electron chi connectivity index (χ3n) is 0.871. The predicted octanol–water partition coefficient (Wildman–Crippen LogP) is 0.0124. The molecule has 0 spiro atoms. The molecule has 0 rings (SSSR count). The Morgan fingerprint density at radius 3 is 1.62 bits per heavy atom. The number of aliphatic hydroxyl groups is 3. The number of hydrogen-bond acceptors (Lipinski definition) is 4. The molecule has 0 heterocycles. The summed E-state index contributed by atoms with van der Waals surface area (Å²) < 4.78 is 5.10. The van der Waals surface area contributed by atoms with Crippen LogP contribution in [0.3, 0.4) is 0 Å². The van der Waals surface area contributed by atoms with Crippen molar-refractivity contribution in [1.29, 1.82) is 0 Å². The first-order valence-corrected chi connectivity index (χ1v) is 4.38. The summed E-state index contributed by atoms with van der Waals surface area (Å²) >= 11 is 0. The second kappa shape index (κ2) is 9.92. The zero-order valence-corrected chi connectivity index (χ0v) is 8.79. The molecule has 0 radical (unpaired) electrons. The average molecular weight is 194 g/mol. The molecule has 4 heteroatoms. The Balaban J connectivity index is 0. The fourth-order valence-electron chi connectivity index (χ4n) is 0.443. The molecule has 3 N–H and O–H groups in total. The Morgan fingerprint density at radius 1 is 0.923 bits per heavy atom. The zero-order chi connectivity index (χ0) is 10.7. The summed E-state index contributed by atoms with van der Waals surface area (Å²) in [4.78, 5) is 0. The van der Waals surface area contributed by atoms with Gasteiger partial charge in [-0.15, -0.1) is 0 Å². The van der Waals surface area contributed by atoms with E-state index in [4.69, 9.17) is 20.1 Å². The molecule has 0 saturated carbocycles. The first kappa shape index (κ1) is 15.3. The van der Waals surface area contributed by atoms with E-state index < -0.39 is 0 Å². The molecule has 0 aliphatic carbocycles. The average Bonchev–Trinajstić information content (AvgIpc) is 2.03. The van der Waals surface area contributed by atoms with Gasteiger partial charge in [-0.25, -0.2) is 0 Å². The van der Waals surface area contributed by atoms with Gasteiger partial charge in [0.05, 0.1) is 33.0 Å². The van der Waals surface area contributed by atoms with Crippen LogP contribution in [0.15, 0.2) is 0 Å². The quantitative estimate of drug-likeness (QED) is 0.551. The maximum atomic E-state index is 8.34. The monoisotopic (exact) mass is 194 g/mol. The molecule has 0 atom stereocenters. The van der Waals surface area contributed by atoms with Crippen LogP contribution in [0.4, 0.5) is 0 Å². The minimum absolute atomic E-state index is 0.121. The number of hydrogen-bond donors (Lipinski definition) is 3. The topological polar surface area (TPSA) is 69.9 Å². The Hall–Kier alpha value is -0.160. The molecule has 0 saturated heterocycles. The van der Waals surface area contributed by atoms with Crippen molar-refractivity contribution in [2.45, 2.75) is 20.8 Å². The summed E-state index contributed by atoms with van der Waals surface area (Å²) in [5.41, 5.74) is 0.217. The van der Waals surface area contributed by atoms with Crippen molar-refractivity contribution in [1.82, 2.24) is 0 Å². The fraction of sp³-hybridized carbons (Fsp3) is 1.00. The van der Waals surface area contributed by atoms with Crippen molar-refractivity contribution >= 4 is 0 Å². The SMILES string of the molecule is CC(C)(C)COCCO.OCCO. The minimum atomic E-state index is -0.125. The van der Waals surface area contributed by atoms with Crippen molar-refractivity contribution < 1.29 is 20.1 Å². The maximum absolute atomic E-state index is 8.34. The number of rotatable bonds is 4. The van der Waals surface area contributed by atoms with Crippen LogP contribution in [0.1, 0.15) is 20.8 Å². The molecule has 0 aromatic carbocycles. The molecule has 0 aromatic rings. The van der Waals surface area contributed by atoms with Crippen molar-refractivity contribution in [3.05, 3.63) is 0 Å². The van der Waals surface area contributed by atoms with E-state index in [0.717, 1.165) is 0 Å². The van der Waals surface area contributed by atoms with Crippen LogP contribution in [0.25, 0.3) is 0 Å². The van der Waals surface area contributed by atoms with Gasteiger partial charge >= 0.3 is 0 Å². The van der Waals surface area contributed by atoms with Crippen molar-refractivity contribution in [3.8, 4) is 0 Å².